The molecule has 5 heteroatoms. The van der Waals surface area contributed by atoms with Crippen LogP contribution < -0.4 is 10.6 Å². The second kappa shape index (κ2) is 9.77. The highest BCUT2D eigenvalue weighted by molar-refractivity contribution is 5.77. The zero-order chi connectivity index (χ0) is 15.6. The quantitative estimate of drug-likeness (QED) is 0.541. The van der Waals surface area contributed by atoms with Crippen molar-refractivity contribution in [2.75, 3.05) is 13.6 Å². The highest BCUT2D eigenvalue weighted by Gasteiger charge is 2.32. The molecule has 0 unspecified atom stereocenters. The van der Waals surface area contributed by atoms with E-state index in [9.17, 15) is 9.59 Å². The first-order chi connectivity index (χ1) is 10.1. The van der Waals surface area contributed by atoms with Gasteiger partial charge in [0.15, 0.2) is 0 Å². The summed E-state index contributed by atoms with van der Waals surface area (Å²) in [6, 6.07) is 0. The van der Waals surface area contributed by atoms with Crippen LogP contribution in [-0.4, -0.2) is 36.1 Å². The van der Waals surface area contributed by atoms with Gasteiger partial charge in [-0.25, -0.2) is 0 Å². The topological polar surface area (TPSA) is 78.4 Å². The molecule has 0 aromatic heterocycles. The van der Waals surface area contributed by atoms with E-state index in [-0.39, 0.29) is 17.9 Å². The van der Waals surface area contributed by atoms with Gasteiger partial charge in [-0.1, -0.05) is 32.1 Å². The fourth-order valence-electron chi connectivity index (χ4n) is 3.10. The van der Waals surface area contributed by atoms with E-state index in [1.165, 1.54) is 19.3 Å². The first-order valence-corrected chi connectivity index (χ1v) is 8.25. The standard InChI is InChI=1S/C16H30N2O3/c1-17-16(10-6-4-7-11-16)13-14(19)18-12-8-3-2-5-9-15(20)21/h17H,2-13H2,1H3,(H,18,19)(H,20,21). The molecule has 0 aromatic rings. The average molecular weight is 298 g/mol. The number of unbranched alkanes of at least 4 members (excludes halogenated alkanes) is 3. The van der Waals surface area contributed by atoms with Gasteiger partial charge in [-0.2, -0.15) is 0 Å². The highest BCUT2D eigenvalue weighted by atomic mass is 16.4. The minimum Gasteiger partial charge on any atom is -0.481 e. The van der Waals surface area contributed by atoms with Gasteiger partial charge in [0, 0.05) is 24.9 Å². The van der Waals surface area contributed by atoms with E-state index in [0.717, 1.165) is 38.5 Å². The molecule has 0 radical (unpaired) electrons. The lowest BCUT2D eigenvalue weighted by Gasteiger charge is -2.36. The van der Waals surface area contributed by atoms with E-state index < -0.39 is 5.97 Å². The minimum absolute atomic E-state index is 0.00379. The predicted octanol–water partition coefficient (Wildman–Crippen LogP) is 2.45. The summed E-state index contributed by atoms with van der Waals surface area (Å²) in [5.74, 6) is -0.593. The van der Waals surface area contributed by atoms with Gasteiger partial charge >= 0.3 is 5.97 Å². The molecule has 1 aliphatic carbocycles. The van der Waals surface area contributed by atoms with Gasteiger partial charge in [0.25, 0.3) is 0 Å². The van der Waals surface area contributed by atoms with E-state index in [1.807, 2.05) is 7.05 Å². The van der Waals surface area contributed by atoms with Crippen molar-refractivity contribution in [3.8, 4) is 0 Å². The fourth-order valence-corrected chi connectivity index (χ4v) is 3.10. The summed E-state index contributed by atoms with van der Waals surface area (Å²) in [5, 5.41) is 14.9. The van der Waals surface area contributed by atoms with Crippen molar-refractivity contribution in [3.63, 3.8) is 0 Å². The van der Waals surface area contributed by atoms with Gasteiger partial charge in [-0.05, 0) is 32.7 Å². The molecule has 3 N–H and O–H groups in total. The monoisotopic (exact) mass is 298 g/mol. The Morgan fingerprint density at radius 3 is 2.33 bits per heavy atom. The van der Waals surface area contributed by atoms with Crippen LogP contribution in [0.2, 0.25) is 0 Å². The highest BCUT2D eigenvalue weighted by Crippen LogP contribution is 2.30. The summed E-state index contributed by atoms with van der Waals surface area (Å²) < 4.78 is 0. The maximum Gasteiger partial charge on any atom is 0.303 e. The van der Waals surface area contributed by atoms with E-state index in [1.54, 1.807) is 0 Å². The molecule has 1 fully saturated rings. The van der Waals surface area contributed by atoms with Gasteiger partial charge < -0.3 is 15.7 Å². The van der Waals surface area contributed by atoms with Crippen molar-refractivity contribution in [1.29, 1.82) is 0 Å². The van der Waals surface area contributed by atoms with Crippen molar-refractivity contribution in [3.05, 3.63) is 0 Å². The van der Waals surface area contributed by atoms with Crippen LogP contribution in [0.1, 0.15) is 70.6 Å². The molecule has 1 rings (SSSR count). The molecule has 0 bridgehead atoms. The van der Waals surface area contributed by atoms with Crippen molar-refractivity contribution in [1.82, 2.24) is 10.6 Å². The number of rotatable bonds is 10. The Hall–Kier alpha value is -1.10. The Morgan fingerprint density at radius 2 is 1.71 bits per heavy atom. The molecule has 122 valence electrons. The lowest BCUT2D eigenvalue weighted by atomic mass is 9.79. The second-order valence-corrected chi connectivity index (χ2v) is 6.18. The third-order valence-corrected chi connectivity index (χ3v) is 4.48. The first-order valence-electron chi connectivity index (χ1n) is 8.25. The van der Waals surface area contributed by atoms with Crippen molar-refractivity contribution < 1.29 is 14.7 Å². The van der Waals surface area contributed by atoms with Crippen LogP contribution in [0.25, 0.3) is 0 Å². The van der Waals surface area contributed by atoms with Crippen molar-refractivity contribution in [2.24, 2.45) is 0 Å². The fraction of sp³-hybridized carbons (Fsp3) is 0.875. The van der Waals surface area contributed by atoms with Gasteiger partial charge in [-0.3, -0.25) is 9.59 Å². The molecule has 1 saturated carbocycles. The number of hydrogen-bond acceptors (Lipinski definition) is 3. The molecular formula is C16H30N2O3. The number of carboxylic acids is 1. The largest absolute Gasteiger partial charge is 0.481 e. The third kappa shape index (κ3) is 7.46. The summed E-state index contributed by atoms with van der Waals surface area (Å²) in [4.78, 5) is 22.4. The molecule has 1 amide bonds. The Bertz CT molecular complexity index is 325. The van der Waals surface area contributed by atoms with Gasteiger partial charge in [0.2, 0.25) is 5.91 Å². The van der Waals surface area contributed by atoms with Crippen LogP contribution in [0, 0.1) is 0 Å². The van der Waals surface area contributed by atoms with E-state index >= 15 is 0 Å². The second-order valence-electron chi connectivity index (χ2n) is 6.18. The number of carboxylic acid groups (broad SMARTS) is 1. The number of carbonyl (C=O) groups excluding carboxylic acids is 1. The zero-order valence-electron chi connectivity index (χ0n) is 13.2. The first kappa shape index (κ1) is 18.0. The lowest BCUT2D eigenvalue weighted by Crippen LogP contribution is -2.48. The van der Waals surface area contributed by atoms with Crippen LogP contribution in [0.4, 0.5) is 0 Å². The summed E-state index contributed by atoms with van der Waals surface area (Å²) >= 11 is 0. The molecule has 21 heavy (non-hydrogen) atoms. The molecule has 0 heterocycles. The maximum atomic E-state index is 12.0. The van der Waals surface area contributed by atoms with Crippen LogP contribution in [0.5, 0.6) is 0 Å². The maximum absolute atomic E-state index is 12.0. The van der Waals surface area contributed by atoms with Gasteiger partial charge in [0.1, 0.15) is 0 Å². The minimum atomic E-state index is -0.729. The van der Waals surface area contributed by atoms with Crippen LogP contribution >= 0.6 is 0 Å². The molecule has 1 aliphatic rings. The van der Waals surface area contributed by atoms with Gasteiger partial charge in [0.05, 0.1) is 0 Å². The smallest absolute Gasteiger partial charge is 0.303 e. The Labute approximate surface area is 127 Å². The lowest BCUT2D eigenvalue weighted by molar-refractivity contribution is -0.137. The molecular weight excluding hydrogens is 268 g/mol. The predicted molar refractivity (Wildman–Crippen MR) is 83.2 cm³/mol. The third-order valence-electron chi connectivity index (χ3n) is 4.48. The number of hydrogen-bond donors (Lipinski definition) is 3. The molecule has 5 nitrogen and oxygen atoms in total. The Kier molecular flexibility index (Phi) is 8.35. The summed E-state index contributed by atoms with van der Waals surface area (Å²) in [5.41, 5.74) is 0.00379. The molecule has 0 saturated heterocycles. The van der Waals surface area contributed by atoms with E-state index in [0.29, 0.717) is 13.0 Å². The zero-order valence-corrected chi connectivity index (χ0v) is 13.2. The van der Waals surface area contributed by atoms with Crippen LogP contribution in [0.3, 0.4) is 0 Å². The number of nitrogens with one attached hydrogen (secondary N) is 2. The summed E-state index contributed by atoms with van der Waals surface area (Å²) in [6.45, 7) is 0.700. The van der Waals surface area contributed by atoms with E-state index in [4.69, 9.17) is 5.11 Å². The average Bonchev–Trinajstić information content (AvgIpc) is 2.47. The number of amides is 1. The Balaban J connectivity index is 2.09. The van der Waals surface area contributed by atoms with Crippen molar-refractivity contribution in [2.45, 2.75) is 76.2 Å². The molecule has 0 atom stereocenters. The van der Waals surface area contributed by atoms with Crippen LogP contribution in [0.15, 0.2) is 0 Å². The van der Waals surface area contributed by atoms with Crippen molar-refractivity contribution >= 4 is 11.9 Å². The summed E-state index contributed by atoms with van der Waals surface area (Å²) in [7, 11) is 1.96. The summed E-state index contributed by atoms with van der Waals surface area (Å²) in [6.07, 6.45) is 10.2. The van der Waals surface area contributed by atoms with E-state index in [2.05, 4.69) is 10.6 Å². The molecule has 0 aliphatic heterocycles. The Morgan fingerprint density at radius 1 is 1.05 bits per heavy atom. The normalized spacial score (nSPS) is 17.4. The number of aliphatic carboxylic acids is 1. The molecule has 0 spiro atoms. The molecule has 0 aromatic carbocycles. The van der Waals surface area contributed by atoms with Crippen LogP contribution in [-0.2, 0) is 9.59 Å². The van der Waals surface area contributed by atoms with Gasteiger partial charge in [-0.15, -0.1) is 0 Å². The number of carbonyl (C=O) groups is 2. The SMILES string of the molecule is CNC1(CC(=O)NCCCCCCC(=O)O)CCCCC1.